The molecule has 3 rings (SSSR count). The number of hydrogen-bond acceptors (Lipinski definition) is 8. The normalized spacial score (nSPS) is 10.6. The number of rotatable bonds is 12. The number of hydrogen-bond donors (Lipinski definition) is 2. The molecule has 3 aromatic rings. The van der Waals surface area contributed by atoms with Crippen molar-refractivity contribution >= 4 is 46.8 Å². The topological polar surface area (TPSA) is 124 Å². The van der Waals surface area contributed by atoms with Gasteiger partial charge < -0.3 is 24.7 Å². The highest BCUT2D eigenvalue weighted by molar-refractivity contribution is 7.99. The molecule has 1 aromatic heterocycles. The van der Waals surface area contributed by atoms with Crippen molar-refractivity contribution in [3.63, 3.8) is 0 Å². The van der Waals surface area contributed by atoms with Gasteiger partial charge in [-0.3, -0.25) is 9.59 Å². The van der Waals surface area contributed by atoms with Gasteiger partial charge in [-0.25, -0.2) is 4.79 Å². The second-order valence-electron chi connectivity index (χ2n) is 7.70. The molecule has 0 bridgehead atoms. The summed E-state index contributed by atoms with van der Waals surface area (Å²) in [6.07, 6.45) is 0.228. The summed E-state index contributed by atoms with van der Waals surface area (Å²) in [6.45, 7) is 4.65. The second kappa shape index (κ2) is 13.7. The molecule has 2 N–H and O–H groups in total. The van der Waals surface area contributed by atoms with Gasteiger partial charge in [0.25, 0.3) is 0 Å². The van der Waals surface area contributed by atoms with Crippen LogP contribution in [-0.4, -0.2) is 52.0 Å². The highest BCUT2D eigenvalue weighted by Gasteiger charge is 2.16. The minimum atomic E-state index is -0.497. The van der Waals surface area contributed by atoms with E-state index >= 15 is 0 Å². The fourth-order valence-electron chi connectivity index (χ4n) is 3.32. The van der Waals surface area contributed by atoms with Gasteiger partial charge in [0.15, 0.2) is 11.0 Å². The molecule has 0 aliphatic rings. The van der Waals surface area contributed by atoms with Crippen LogP contribution >= 0.6 is 23.4 Å². The largest absolute Gasteiger partial charge is 0.497 e. The van der Waals surface area contributed by atoms with Crippen molar-refractivity contribution in [1.29, 1.82) is 0 Å². The molecule has 10 nitrogen and oxygen atoms in total. The number of esters is 1. The number of thioether (sulfide) groups is 1. The Bertz CT molecular complexity index is 1250. The monoisotopic (exact) mass is 545 g/mol. The lowest BCUT2D eigenvalue weighted by molar-refractivity contribution is -0.120. The molecule has 196 valence electrons. The number of ether oxygens (including phenoxy) is 2. The minimum absolute atomic E-state index is 0.0436. The number of aromatic nitrogens is 3. The predicted molar refractivity (Wildman–Crippen MR) is 141 cm³/mol. The van der Waals surface area contributed by atoms with Crippen LogP contribution in [0.25, 0.3) is 0 Å². The van der Waals surface area contributed by atoms with Crippen LogP contribution < -0.4 is 15.4 Å². The van der Waals surface area contributed by atoms with Gasteiger partial charge in [-0.15, -0.1) is 10.2 Å². The van der Waals surface area contributed by atoms with Crippen molar-refractivity contribution in [3.8, 4) is 5.75 Å². The Hall–Kier alpha value is -3.57. The van der Waals surface area contributed by atoms with Crippen LogP contribution in [0.15, 0.2) is 47.6 Å². The molecule has 0 aliphatic carbocycles. The van der Waals surface area contributed by atoms with E-state index in [-0.39, 0.29) is 37.1 Å². The summed E-state index contributed by atoms with van der Waals surface area (Å²) in [4.78, 5) is 36.9. The van der Waals surface area contributed by atoms with E-state index in [1.807, 2.05) is 23.6 Å². The van der Waals surface area contributed by atoms with E-state index in [0.29, 0.717) is 33.8 Å². The molecule has 0 saturated heterocycles. The summed E-state index contributed by atoms with van der Waals surface area (Å²) < 4.78 is 11.9. The first-order chi connectivity index (χ1) is 17.8. The number of halogens is 1. The van der Waals surface area contributed by atoms with E-state index in [2.05, 4.69) is 20.8 Å². The summed E-state index contributed by atoms with van der Waals surface area (Å²) in [5, 5.41) is 14.7. The maximum Gasteiger partial charge on any atom is 0.338 e. The van der Waals surface area contributed by atoms with Gasteiger partial charge in [0.05, 0.1) is 48.7 Å². The summed E-state index contributed by atoms with van der Waals surface area (Å²) in [6, 6.07) is 11.8. The lowest BCUT2D eigenvalue weighted by Gasteiger charge is -2.10. The standard InChI is InChI=1S/C25H28ClN5O5S/c1-4-31-21(14-27-22(32)12-16-6-9-18(35-3)10-7-16)29-30-25(31)37-15-23(33)28-20-13-17(8-11-19(20)26)24(34)36-5-2/h6-11,13H,4-5,12,14-15H2,1-3H3,(H,27,32)(H,28,33). The predicted octanol–water partition coefficient (Wildman–Crippen LogP) is 3.73. The number of benzene rings is 2. The van der Waals surface area contributed by atoms with E-state index in [1.165, 1.54) is 30.0 Å². The Kier molecular flexibility index (Phi) is 10.3. The first-order valence-electron chi connectivity index (χ1n) is 11.6. The molecule has 37 heavy (non-hydrogen) atoms. The highest BCUT2D eigenvalue weighted by Crippen LogP contribution is 2.24. The van der Waals surface area contributed by atoms with E-state index in [1.54, 1.807) is 26.2 Å². The second-order valence-corrected chi connectivity index (χ2v) is 9.05. The summed E-state index contributed by atoms with van der Waals surface area (Å²) in [7, 11) is 1.59. The van der Waals surface area contributed by atoms with Crippen molar-refractivity contribution < 1.29 is 23.9 Å². The molecule has 1 heterocycles. The SMILES string of the molecule is CCOC(=O)c1ccc(Cl)c(NC(=O)CSc2nnc(CNC(=O)Cc3ccc(OC)cc3)n2CC)c1. The molecule has 2 aromatic carbocycles. The van der Waals surface area contributed by atoms with Crippen molar-refractivity contribution in [2.75, 3.05) is 24.8 Å². The lowest BCUT2D eigenvalue weighted by Crippen LogP contribution is -2.26. The van der Waals surface area contributed by atoms with Crippen molar-refractivity contribution in [3.05, 3.63) is 64.4 Å². The molecule has 0 saturated carbocycles. The van der Waals surface area contributed by atoms with Gasteiger partial charge >= 0.3 is 5.97 Å². The number of carbonyl (C=O) groups is 3. The van der Waals surface area contributed by atoms with Crippen molar-refractivity contribution in [1.82, 2.24) is 20.1 Å². The quantitative estimate of drug-likeness (QED) is 0.260. The van der Waals surface area contributed by atoms with Crippen LogP contribution in [0.4, 0.5) is 5.69 Å². The summed E-state index contributed by atoms with van der Waals surface area (Å²) in [5.41, 5.74) is 1.47. The van der Waals surface area contributed by atoms with Crippen LogP contribution in [-0.2, 0) is 33.8 Å². The Morgan fingerprint density at radius 1 is 1.05 bits per heavy atom. The molecule has 0 spiro atoms. The van der Waals surface area contributed by atoms with Crippen LogP contribution in [0.5, 0.6) is 5.75 Å². The molecular weight excluding hydrogens is 518 g/mol. The van der Waals surface area contributed by atoms with Gasteiger partial charge in [0.1, 0.15) is 5.75 Å². The molecule has 0 aliphatic heterocycles. The highest BCUT2D eigenvalue weighted by atomic mass is 35.5. The smallest absolute Gasteiger partial charge is 0.338 e. The molecule has 0 fully saturated rings. The Balaban J connectivity index is 1.54. The van der Waals surface area contributed by atoms with Crippen molar-refractivity contribution in [2.45, 2.75) is 38.5 Å². The van der Waals surface area contributed by atoms with Crippen LogP contribution in [0, 0.1) is 0 Å². The molecular formula is C25H28ClN5O5S. The molecule has 2 amide bonds. The summed E-state index contributed by atoms with van der Waals surface area (Å²) >= 11 is 7.38. The Morgan fingerprint density at radius 3 is 2.49 bits per heavy atom. The zero-order valence-corrected chi connectivity index (χ0v) is 22.3. The average Bonchev–Trinajstić information content (AvgIpc) is 3.30. The third kappa shape index (κ3) is 7.96. The number of nitrogens with one attached hydrogen (secondary N) is 2. The van der Waals surface area contributed by atoms with E-state index < -0.39 is 5.97 Å². The third-order valence-electron chi connectivity index (χ3n) is 5.16. The number of anilines is 1. The Morgan fingerprint density at radius 2 is 1.81 bits per heavy atom. The number of methoxy groups -OCH3 is 1. The molecule has 0 radical (unpaired) electrons. The molecule has 0 unspecified atom stereocenters. The van der Waals surface area contributed by atoms with Crippen molar-refractivity contribution in [2.24, 2.45) is 0 Å². The van der Waals surface area contributed by atoms with Gasteiger partial charge in [0, 0.05) is 6.54 Å². The van der Waals surface area contributed by atoms with E-state index in [4.69, 9.17) is 21.1 Å². The van der Waals surface area contributed by atoms with Gasteiger partial charge in [-0.1, -0.05) is 35.5 Å². The maximum absolute atomic E-state index is 12.6. The van der Waals surface area contributed by atoms with Crippen LogP contribution in [0.2, 0.25) is 5.02 Å². The fourth-order valence-corrected chi connectivity index (χ4v) is 4.31. The lowest BCUT2D eigenvalue weighted by atomic mass is 10.1. The Labute approximate surface area is 224 Å². The van der Waals surface area contributed by atoms with Crippen LogP contribution in [0.3, 0.4) is 0 Å². The maximum atomic E-state index is 12.6. The first-order valence-corrected chi connectivity index (χ1v) is 12.9. The first kappa shape index (κ1) is 28.0. The third-order valence-corrected chi connectivity index (χ3v) is 6.46. The van der Waals surface area contributed by atoms with Gasteiger partial charge in [-0.05, 0) is 49.7 Å². The van der Waals surface area contributed by atoms with Gasteiger partial charge in [0.2, 0.25) is 11.8 Å². The number of nitrogens with zero attached hydrogens (tertiary/aromatic N) is 3. The number of amides is 2. The average molecular weight is 546 g/mol. The van der Waals surface area contributed by atoms with Crippen LogP contribution in [0.1, 0.15) is 35.6 Å². The van der Waals surface area contributed by atoms with E-state index in [0.717, 1.165) is 11.3 Å². The molecule has 0 atom stereocenters. The van der Waals surface area contributed by atoms with Gasteiger partial charge in [-0.2, -0.15) is 0 Å². The molecule has 12 heteroatoms. The van der Waals surface area contributed by atoms with E-state index in [9.17, 15) is 14.4 Å². The zero-order valence-electron chi connectivity index (χ0n) is 20.7. The minimum Gasteiger partial charge on any atom is -0.497 e. The summed E-state index contributed by atoms with van der Waals surface area (Å²) in [5.74, 6) is 0.385. The zero-order chi connectivity index (χ0) is 26.8. The number of carbonyl (C=O) groups excluding carboxylic acids is 3. The fraction of sp³-hybridized carbons (Fsp3) is 0.320.